The van der Waals surface area contributed by atoms with Gasteiger partial charge in [-0.05, 0) is 33.6 Å². The molecule has 0 fully saturated rings. The minimum atomic E-state index is 0.0906. The smallest absolute Gasteiger partial charge is 0.230 e. The van der Waals surface area contributed by atoms with Gasteiger partial charge in [0.25, 0.3) is 0 Å². The Hall–Kier alpha value is -0.000000000000000111. The number of hydrogen-bond acceptors (Lipinski definition) is 3. The summed E-state index contributed by atoms with van der Waals surface area (Å²) in [6, 6.07) is 1.99. The van der Waals surface area contributed by atoms with Crippen molar-refractivity contribution < 1.29 is 4.79 Å². The molecule has 0 radical (unpaired) electrons. The van der Waals surface area contributed by atoms with Gasteiger partial charge in [-0.25, -0.2) is 0 Å². The fraction of sp³-hybridized carbons (Fsp3) is 0.375. The molecule has 1 amide bonds. The second kappa shape index (κ2) is 5.67. The first-order chi connectivity index (χ1) is 6.24. The molecule has 1 N–H and O–H groups in total. The average molecular weight is 280 g/mol. The van der Waals surface area contributed by atoms with Gasteiger partial charge in [-0.15, -0.1) is 11.3 Å². The number of carbonyl (C=O) groups excluding carboxylic acids is 1. The van der Waals surface area contributed by atoms with E-state index >= 15 is 0 Å². The van der Waals surface area contributed by atoms with Crippen LogP contribution in [0.5, 0.6) is 0 Å². The molecule has 0 bridgehead atoms. The Morgan fingerprint density at radius 1 is 1.77 bits per heavy atom. The molecule has 72 valence electrons. The third-order valence-corrected chi connectivity index (χ3v) is 3.89. The van der Waals surface area contributed by atoms with Gasteiger partial charge in [0.05, 0.1) is 12.3 Å². The van der Waals surface area contributed by atoms with Crippen molar-refractivity contribution in [1.82, 2.24) is 5.32 Å². The van der Waals surface area contributed by atoms with Gasteiger partial charge in [-0.3, -0.25) is 4.79 Å². The van der Waals surface area contributed by atoms with E-state index in [4.69, 9.17) is 0 Å². The molecular formula is C8H10BrNOS2. The van der Waals surface area contributed by atoms with Crippen LogP contribution < -0.4 is 5.32 Å². The van der Waals surface area contributed by atoms with E-state index in [1.54, 1.807) is 11.3 Å². The number of rotatable bonds is 4. The molecule has 0 aliphatic rings. The first kappa shape index (κ1) is 11.1. The van der Waals surface area contributed by atoms with Crippen LogP contribution in [0.3, 0.4) is 0 Å². The Kier molecular flexibility index (Phi) is 4.83. The molecule has 0 spiro atoms. The second-order valence-electron chi connectivity index (χ2n) is 2.40. The number of amides is 1. The van der Waals surface area contributed by atoms with Gasteiger partial charge >= 0.3 is 0 Å². The van der Waals surface area contributed by atoms with Crippen molar-refractivity contribution in [2.24, 2.45) is 0 Å². The predicted octanol–water partition coefficient (Wildman–Crippen LogP) is 2.49. The molecule has 0 saturated heterocycles. The lowest BCUT2D eigenvalue weighted by Crippen LogP contribution is -2.24. The van der Waals surface area contributed by atoms with Gasteiger partial charge in [0.15, 0.2) is 0 Å². The van der Waals surface area contributed by atoms with Crippen LogP contribution in [0.1, 0.15) is 4.88 Å². The Labute approximate surface area is 94.2 Å². The lowest BCUT2D eigenvalue weighted by atomic mass is 10.4. The Bertz CT molecular complexity index is 287. The molecule has 0 atom stereocenters. The first-order valence-electron chi connectivity index (χ1n) is 3.71. The highest BCUT2D eigenvalue weighted by Gasteiger charge is 2.03. The normalized spacial score (nSPS) is 10.0. The molecule has 1 rings (SSSR count). The summed E-state index contributed by atoms with van der Waals surface area (Å²) >= 11 is 6.58. The lowest BCUT2D eigenvalue weighted by molar-refractivity contribution is -0.118. The van der Waals surface area contributed by atoms with Crippen LogP contribution in [0.15, 0.2) is 15.9 Å². The summed E-state index contributed by atoms with van der Waals surface area (Å²) in [6.45, 7) is 0.623. The third kappa shape index (κ3) is 3.70. The lowest BCUT2D eigenvalue weighted by Gasteiger charge is -2.01. The van der Waals surface area contributed by atoms with Crippen molar-refractivity contribution in [2.75, 3.05) is 12.0 Å². The standard InChI is InChI=1S/C8H10BrNOS2/c1-12-5-8(11)10-4-7-6(9)2-3-13-7/h2-3H,4-5H2,1H3,(H,10,11). The minimum Gasteiger partial charge on any atom is -0.350 e. The van der Waals surface area contributed by atoms with Crippen LogP contribution in [0.25, 0.3) is 0 Å². The van der Waals surface area contributed by atoms with Crippen molar-refractivity contribution in [2.45, 2.75) is 6.54 Å². The van der Waals surface area contributed by atoms with Crippen molar-refractivity contribution >= 4 is 44.9 Å². The maximum atomic E-state index is 11.1. The van der Waals surface area contributed by atoms with E-state index in [1.165, 1.54) is 11.8 Å². The Balaban J connectivity index is 2.35. The summed E-state index contributed by atoms with van der Waals surface area (Å²) < 4.78 is 1.07. The number of thioether (sulfide) groups is 1. The summed E-state index contributed by atoms with van der Waals surface area (Å²) in [6.07, 6.45) is 1.92. The van der Waals surface area contributed by atoms with Crippen LogP contribution in [0, 0.1) is 0 Å². The highest BCUT2D eigenvalue weighted by atomic mass is 79.9. The topological polar surface area (TPSA) is 29.1 Å². The number of thiophene rings is 1. The molecular weight excluding hydrogens is 270 g/mol. The van der Waals surface area contributed by atoms with Crippen molar-refractivity contribution in [3.63, 3.8) is 0 Å². The molecule has 0 unspecified atom stereocenters. The fourth-order valence-corrected chi connectivity index (χ4v) is 2.61. The summed E-state index contributed by atoms with van der Waals surface area (Å²) in [7, 11) is 0. The van der Waals surface area contributed by atoms with E-state index < -0.39 is 0 Å². The number of carbonyl (C=O) groups is 1. The van der Waals surface area contributed by atoms with Crippen LogP contribution in [-0.2, 0) is 11.3 Å². The van der Waals surface area contributed by atoms with Gasteiger partial charge in [0.2, 0.25) is 5.91 Å². The number of halogens is 1. The van der Waals surface area contributed by atoms with Crippen LogP contribution in [-0.4, -0.2) is 17.9 Å². The van der Waals surface area contributed by atoms with E-state index in [0.717, 1.165) is 9.35 Å². The SMILES string of the molecule is CSCC(=O)NCc1sccc1Br. The van der Waals surface area contributed by atoms with Gasteiger partial charge < -0.3 is 5.32 Å². The van der Waals surface area contributed by atoms with Crippen molar-refractivity contribution in [3.8, 4) is 0 Å². The zero-order chi connectivity index (χ0) is 9.68. The first-order valence-corrected chi connectivity index (χ1v) is 6.78. The van der Waals surface area contributed by atoms with Gasteiger partial charge in [-0.2, -0.15) is 11.8 Å². The Morgan fingerprint density at radius 3 is 3.08 bits per heavy atom. The largest absolute Gasteiger partial charge is 0.350 e. The van der Waals surface area contributed by atoms with E-state index in [0.29, 0.717) is 12.3 Å². The van der Waals surface area contributed by atoms with Crippen LogP contribution in [0.4, 0.5) is 0 Å². The molecule has 0 saturated carbocycles. The monoisotopic (exact) mass is 279 g/mol. The summed E-state index contributed by atoms with van der Waals surface area (Å²) in [5, 5.41) is 4.85. The third-order valence-electron chi connectivity index (χ3n) is 1.41. The molecule has 0 aliphatic heterocycles. The van der Waals surface area contributed by atoms with Gasteiger partial charge in [0.1, 0.15) is 0 Å². The van der Waals surface area contributed by atoms with E-state index in [-0.39, 0.29) is 5.91 Å². The quantitative estimate of drug-likeness (QED) is 0.918. The fourth-order valence-electron chi connectivity index (χ4n) is 0.812. The molecule has 5 heteroatoms. The number of hydrogen-bond donors (Lipinski definition) is 1. The zero-order valence-corrected chi connectivity index (χ0v) is 10.4. The van der Waals surface area contributed by atoms with Crippen LogP contribution in [0.2, 0.25) is 0 Å². The maximum Gasteiger partial charge on any atom is 0.230 e. The van der Waals surface area contributed by atoms with Crippen molar-refractivity contribution in [1.29, 1.82) is 0 Å². The summed E-state index contributed by atoms with van der Waals surface area (Å²) in [5.41, 5.74) is 0. The van der Waals surface area contributed by atoms with Crippen molar-refractivity contribution in [3.05, 3.63) is 20.8 Å². The highest BCUT2D eigenvalue weighted by Crippen LogP contribution is 2.21. The molecule has 1 aromatic heterocycles. The summed E-state index contributed by atoms with van der Waals surface area (Å²) in [5.74, 6) is 0.621. The Morgan fingerprint density at radius 2 is 2.54 bits per heavy atom. The second-order valence-corrected chi connectivity index (χ2v) is 5.12. The molecule has 1 aromatic rings. The predicted molar refractivity (Wildman–Crippen MR) is 62.2 cm³/mol. The number of nitrogens with one attached hydrogen (secondary N) is 1. The molecule has 13 heavy (non-hydrogen) atoms. The summed E-state index contributed by atoms with van der Waals surface area (Å²) in [4.78, 5) is 12.3. The molecule has 0 aliphatic carbocycles. The van der Waals surface area contributed by atoms with Gasteiger partial charge in [-0.1, -0.05) is 0 Å². The van der Waals surface area contributed by atoms with E-state index in [1.807, 2.05) is 17.7 Å². The van der Waals surface area contributed by atoms with E-state index in [2.05, 4.69) is 21.2 Å². The molecule has 0 aromatic carbocycles. The minimum absolute atomic E-state index is 0.0906. The molecule has 2 nitrogen and oxygen atoms in total. The molecule has 1 heterocycles. The van der Waals surface area contributed by atoms with Crippen LogP contribution >= 0.6 is 39.0 Å². The van der Waals surface area contributed by atoms with E-state index in [9.17, 15) is 4.79 Å². The average Bonchev–Trinajstić information content (AvgIpc) is 2.48. The maximum absolute atomic E-state index is 11.1. The zero-order valence-electron chi connectivity index (χ0n) is 7.17. The van der Waals surface area contributed by atoms with Gasteiger partial charge in [0, 0.05) is 9.35 Å². The highest BCUT2D eigenvalue weighted by molar-refractivity contribution is 9.10.